The van der Waals surface area contributed by atoms with E-state index in [4.69, 9.17) is 0 Å². The van der Waals surface area contributed by atoms with Gasteiger partial charge >= 0.3 is 0 Å². The van der Waals surface area contributed by atoms with Crippen molar-refractivity contribution in [3.63, 3.8) is 0 Å². The van der Waals surface area contributed by atoms with E-state index in [2.05, 4.69) is 45.0 Å². The van der Waals surface area contributed by atoms with Crippen LogP contribution in [0.4, 0.5) is 0 Å². The Morgan fingerprint density at radius 2 is 2.24 bits per heavy atom. The highest BCUT2D eigenvalue weighted by Gasteiger charge is 2.32. The Kier molecular flexibility index (Phi) is 5.99. The molecule has 21 heavy (non-hydrogen) atoms. The molecule has 1 atom stereocenters. The minimum Gasteiger partial charge on any atom is -0.356 e. The smallest absolute Gasteiger partial charge is 0.191 e. The zero-order valence-corrected chi connectivity index (χ0v) is 14.3. The van der Waals surface area contributed by atoms with Crippen molar-refractivity contribution in [1.29, 1.82) is 0 Å². The second-order valence-electron chi connectivity index (χ2n) is 5.86. The van der Waals surface area contributed by atoms with Crippen molar-refractivity contribution in [2.75, 3.05) is 34.2 Å². The molecule has 118 valence electrons. The second kappa shape index (κ2) is 7.75. The third-order valence-corrected chi connectivity index (χ3v) is 4.69. The number of aromatic nitrogens is 1. The van der Waals surface area contributed by atoms with Gasteiger partial charge in [0, 0.05) is 38.0 Å². The zero-order chi connectivity index (χ0) is 15.2. The van der Waals surface area contributed by atoms with Crippen molar-refractivity contribution in [2.45, 2.75) is 32.2 Å². The SMILES string of the molecule is CN=C(NCCc1csc(C)n1)NCC(C1CC1)N(C)C. The van der Waals surface area contributed by atoms with Crippen molar-refractivity contribution in [3.05, 3.63) is 16.1 Å². The van der Waals surface area contributed by atoms with Crippen molar-refractivity contribution in [2.24, 2.45) is 10.9 Å². The summed E-state index contributed by atoms with van der Waals surface area (Å²) >= 11 is 1.71. The minimum absolute atomic E-state index is 0.602. The van der Waals surface area contributed by atoms with E-state index in [1.807, 2.05) is 14.0 Å². The number of guanidine groups is 1. The summed E-state index contributed by atoms with van der Waals surface area (Å²) in [5.74, 6) is 1.73. The lowest BCUT2D eigenvalue weighted by atomic mass is 10.1. The monoisotopic (exact) mass is 309 g/mol. The molecule has 6 heteroatoms. The summed E-state index contributed by atoms with van der Waals surface area (Å²) in [6.07, 6.45) is 3.66. The molecule has 1 heterocycles. The molecular weight excluding hydrogens is 282 g/mol. The molecule has 2 N–H and O–H groups in total. The van der Waals surface area contributed by atoms with Crippen LogP contribution in [0, 0.1) is 12.8 Å². The van der Waals surface area contributed by atoms with E-state index in [0.29, 0.717) is 6.04 Å². The van der Waals surface area contributed by atoms with Gasteiger partial charge in [-0.2, -0.15) is 0 Å². The van der Waals surface area contributed by atoms with Crippen molar-refractivity contribution in [1.82, 2.24) is 20.5 Å². The standard InChI is InChI=1S/C15H27N5S/c1-11-19-13(10-21-11)7-8-17-15(16-2)18-9-14(20(3)4)12-5-6-12/h10,12,14H,5-9H2,1-4H3,(H2,16,17,18). The van der Waals surface area contributed by atoms with Gasteiger partial charge < -0.3 is 15.5 Å². The van der Waals surface area contributed by atoms with Crippen LogP contribution in [0.1, 0.15) is 23.5 Å². The normalized spacial score (nSPS) is 17.1. The van der Waals surface area contributed by atoms with Gasteiger partial charge in [0.15, 0.2) is 5.96 Å². The number of rotatable bonds is 7. The molecule has 0 radical (unpaired) electrons. The number of nitrogens with zero attached hydrogens (tertiary/aromatic N) is 3. The van der Waals surface area contributed by atoms with E-state index < -0.39 is 0 Å². The highest BCUT2D eigenvalue weighted by Crippen LogP contribution is 2.34. The molecule has 1 unspecified atom stereocenters. The van der Waals surface area contributed by atoms with Crippen LogP contribution in [-0.2, 0) is 6.42 Å². The van der Waals surface area contributed by atoms with Crippen LogP contribution in [0.3, 0.4) is 0 Å². The van der Waals surface area contributed by atoms with E-state index in [1.165, 1.54) is 12.8 Å². The molecular formula is C15H27N5S. The number of nitrogens with one attached hydrogen (secondary N) is 2. The fourth-order valence-corrected chi connectivity index (χ4v) is 3.15. The van der Waals surface area contributed by atoms with Gasteiger partial charge in [-0.15, -0.1) is 11.3 Å². The number of hydrogen-bond acceptors (Lipinski definition) is 4. The molecule has 5 nitrogen and oxygen atoms in total. The summed E-state index contributed by atoms with van der Waals surface area (Å²) in [5.41, 5.74) is 1.16. The third-order valence-electron chi connectivity index (χ3n) is 3.87. The highest BCUT2D eigenvalue weighted by atomic mass is 32.1. The second-order valence-corrected chi connectivity index (χ2v) is 6.92. The summed E-state index contributed by atoms with van der Waals surface area (Å²) in [6, 6.07) is 0.602. The summed E-state index contributed by atoms with van der Waals surface area (Å²) in [7, 11) is 6.14. The molecule has 2 rings (SSSR count). The van der Waals surface area contributed by atoms with E-state index in [0.717, 1.165) is 42.1 Å². The lowest BCUT2D eigenvalue weighted by Crippen LogP contribution is -2.46. The summed E-state index contributed by atoms with van der Waals surface area (Å²) in [6.45, 7) is 3.85. The van der Waals surface area contributed by atoms with Crippen LogP contribution in [0.15, 0.2) is 10.4 Å². The molecule has 1 aliphatic rings. The van der Waals surface area contributed by atoms with Crippen LogP contribution in [-0.4, -0.2) is 56.1 Å². The van der Waals surface area contributed by atoms with Gasteiger partial charge in [-0.05, 0) is 39.8 Å². The lowest BCUT2D eigenvalue weighted by molar-refractivity contribution is 0.264. The average Bonchev–Trinajstić information content (AvgIpc) is 3.19. The molecule has 1 saturated carbocycles. The van der Waals surface area contributed by atoms with Gasteiger partial charge in [0.25, 0.3) is 0 Å². The van der Waals surface area contributed by atoms with Gasteiger partial charge in [0.1, 0.15) is 0 Å². The predicted molar refractivity (Wildman–Crippen MR) is 90.1 cm³/mol. The topological polar surface area (TPSA) is 52.6 Å². The van der Waals surface area contributed by atoms with Crippen LogP contribution in [0.5, 0.6) is 0 Å². The van der Waals surface area contributed by atoms with E-state index in [9.17, 15) is 0 Å². The predicted octanol–water partition coefficient (Wildman–Crippen LogP) is 1.50. The molecule has 1 fully saturated rings. The van der Waals surface area contributed by atoms with Gasteiger partial charge in [0.2, 0.25) is 0 Å². The number of aliphatic imine (C=N–C) groups is 1. The highest BCUT2D eigenvalue weighted by molar-refractivity contribution is 7.09. The Morgan fingerprint density at radius 3 is 2.76 bits per heavy atom. The Morgan fingerprint density at radius 1 is 1.48 bits per heavy atom. The molecule has 0 bridgehead atoms. The zero-order valence-electron chi connectivity index (χ0n) is 13.5. The Balaban J connectivity index is 1.70. The largest absolute Gasteiger partial charge is 0.356 e. The minimum atomic E-state index is 0.602. The lowest BCUT2D eigenvalue weighted by Gasteiger charge is -2.25. The first kappa shape index (κ1) is 16.2. The van der Waals surface area contributed by atoms with Crippen molar-refractivity contribution >= 4 is 17.3 Å². The quantitative estimate of drug-likeness (QED) is 0.592. The maximum atomic E-state index is 4.47. The third kappa shape index (κ3) is 5.28. The molecule has 1 aliphatic carbocycles. The fraction of sp³-hybridized carbons (Fsp3) is 0.733. The Bertz CT molecular complexity index is 462. The molecule has 0 aliphatic heterocycles. The van der Waals surface area contributed by atoms with Gasteiger partial charge in [0.05, 0.1) is 10.7 Å². The van der Waals surface area contributed by atoms with E-state index in [-0.39, 0.29) is 0 Å². The fourth-order valence-electron chi connectivity index (χ4n) is 2.51. The Hall–Kier alpha value is -1.14. The molecule has 1 aromatic heterocycles. The molecule has 0 amide bonds. The first-order valence-corrected chi connectivity index (χ1v) is 8.50. The molecule has 0 saturated heterocycles. The molecule has 0 aromatic carbocycles. The first-order chi connectivity index (χ1) is 10.1. The van der Waals surface area contributed by atoms with Gasteiger partial charge in [-0.25, -0.2) is 4.98 Å². The summed E-state index contributed by atoms with van der Waals surface area (Å²) < 4.78 is 0. The van der Waals surface area contributed by atoms with Crippen LogP contribution >= 0.6 is 11.3 Å². The Labute approximate surface area is 131 Å². The maximum absolute atomic E-state index is 4.47. The number of aryl methyl sites for hydroxylation is 1. The summed E-state index contributed by atoms with van der Waals surface area (Å²) in [4.78, 5) is 11.1. The van der Waals surface area contributed by atoms with Gasteiger partial charge in [-0.3, -0.25) is 4.99 Å². The van der Waals surface area contributed by atoms with Crippen LogP contribution < -0.4 is 10.6 Å². The van der Waals surface area contributed by atoms with E-state index in [1.54, 1.807) is 11.3 Å². The first-order valence-electron chi connectivity index (χ1n) is 7.62. The van der Waals surface area contributed by atoms with Crippen molar-refractivity contribution < 1.29 is 0 Å². The van der Waals surface area contributed by atoms with E-state index >= 15 is 0 Å². The van der Waals surface area contributed by atoms with Crippen LogP contribution in [0.2, 0.25) is 0 Å². The molecule has 0 spiro atoms. The maximum Gasteiger partial charge on any atom is 0.191 e. The number of hydrogen-bond donors (Lipinski definition) is 2. The van der Waals surface area contributed by atoms with Crippen LogP contribution in [0.25, 0.3) is 0 Å². The summed E-state index contributed by atoms with van der Waals surface area (Å²) in [5, 5.41) is 10.1. The number of likely N-dealkylation sites (N-methyl/N-ethyl adjacent to an activating group) is 1. The van der Waals surface area contributed by atoms with Crippen molar-refractivity contribution in [3.8, 4) is 0 Å². The van der Waals surface area contributed by atoms with Gasteiger partial charge in [-0.1, -0.05) is 0 Å². The molecule has 1 aromatic rings. The average molecular weight is 309 g/mol. The number of thiazole rings is 1.